The van der Waals surface area contributed by atoms with Crippen molar-refractivity contribution >= 4 is 5.91 Å². The lowest BCUT2D eigenvalue weighted by atomic mass is 10.1. The molecular weight excluding hydrogens is 159 g/mol. The van der Waals surface area contributed by atoms with Crippen molar-refractivity contribution in [2.24, 2.45) is 5.73 Å². The van der Waals surface area contributed by atoms with Crippen molar-refractivity contribution in [3.63, 3.8) is 0 Å². The number of primary amides is 1. The summed E-state index contributed by atoms with van der Waals surface area (Å²) in [6.45, 7) is 3.35. The summed E-state index contributed by atoms with van der Waals surface area (Å²) >= 11 is 0. The maximum Gasteiger partial charge on any atom is 0.218 e. The zero-order valence-electron chi connectivity index (χ0n) is 7.35. The molecule has 1 fully saturated rings. The van der Waals surface area contributed by atoms with E-state index in [9.17, 15) is 9.18 Å². The van der Waals surface area contributed by atoms with Crippen LogP contribution in [-0.4, -0.2) is 36.1 Å². The predicted octanol–water partition coefficient (Wildman–Crippen LogP) is 0.296. The lowest BCUT2D eigenvalue weighted by molar-refractivity contribution is -0.118. The van der Waals surface area contributed by atoms with Gasteiger partial charge in [0.25, 0.3) is 0 Å². The van der Waals surface area contributed by atoms with Crippen LogP contribution in [0.15, 0.2) is 0 Å². The Bertz CT molecular complexity index is 182. The molecule has 1 heterocycles. The third-order valence-corrected chi connectivity index (χ3v) is 2.18. The van der Waals surface area contributed by atoms with Crippen molar-refractivity contribution in [1.29, 1.82) is 0 Å². The van der Waals surface area contributed by atoms with Crippen LogP contribution in [0, 0.1) is 0 Å². The minimum absolute atomic E-state index is 0.317. The first kappa shape index (κ1) is 9.45. The van der Waals surface area contributed by atoms with E-state index < -0.39 is 5.67 Å². The first-order valence-electron chi connectivity index (χ1n) is 4.19. The monoisotopic (exact) mass is 174 g/mol. The fraction of sp³-hybridized carbons (Fsp3) is 0.875. The number of likely N-dealkylation sites (tertiary alicyclic amines) is 1. The number of halogens is 1. The summed E-state index contributed by atoms with van der Waals surface area (Å²) in [5.41, 5.74) is 3.91. The Morgan fingerprint density at radius 3 is 2.83 bits per heavy atom. The average molecular weight is 174 g/mol. The molecule has 1 saturated heterocycles. The number of alkyl halides is 1. The van der Waals surface area contributed by atoms with Crippen molar-refractivity contribution in [2.75, 3.05) is 19.6 Å². The van der Waals surface area contributed by atoms with Gasteiger partial charge < -0.3 is 5.73 Å². The van der Waals surface area contributed by atoms with Crippen LogP contribution in [0.4, 0.5) is 4.39 Å². The molecule has 12 heavy (non-hydrogen) atoms. The SMILES string of the molecule is CC1(F)CCN(CCC(N)=O)C1. The third-order valence-electron chi connectivity index (χ3n) is 2.18. The van der Waals surface area contributed by atoms with Gasteiger partial charge in [0.2, 0.25) is 5.91 Å². The molecule has 0 aromatic carbocycles. The van der Waals surface area contributed by atoms with E-state index in [1.54, 1.807) is 6.92 Å². The van der Waals surface area contributed by atoms with Gasteiger partial charge >= 0.3 is 0 Å². The molecule has 4 heteroatoms. The molecule has 0 aromatic rings. The first-order valence-corrected chi connectivity index (χ1v) is 4.19. The summed E-state index contributed by atoms with van der Waals surface area (Å²) in [6, 6.07) is 0. The average Bonchev–Trinajstić information content (AvgIpc) is 2.26. The van der Waals surface area contributed by atoms with Crippen LogP contribution in [-0.2, 0) is 4.79 Å². The number of nitrogens with zero attached hydrogens (tertiary/aromatic N) is 1. The van der Waals surface area contributed by atoms with Gasteiger partial charge in [-0.25, -0.2) is 4.39 Å². The second kappa shape index (κ2) is 3.39. The topological polar surface area (TPSA) is 46.3 Å². The van der Waals surface area contributed by atoms with Crippen LogP contribution in [0.3, 0.4) is 0 Å². The number of amides is 1. The predicted molar refractivity (Wildman–Crippen MR) is 44.4 cm³/mol. The molecule has 0 aromatic heterocycles. The number of carbonyl (C=O) groups is 1. The van der Waals surface area contributed by atoms with Crippen LogP contribution in [0.2, 0.25) is 0 Å². The lowest BCUT2D eigenvalue weighted by Crippen LogP contribution is -2.29. The van der Waals surface area contributed by atoms with Gasteiger partial charge in [-0.3, -0.25) is 9.69 Å². The highest BCUT2D eigenvalue weighted by atomic mass is 19.1. The third kappa shape index (κ3) is 2.77. The molecular formula is C8H15FN2O. The number of rotatable bonds is 3. The molecule has 2 N–H and O–H groups in total. The van der Waals surface area contributed by atoms with Gasteiger partial charge in [-0.2, -0.15) is 0 Å². The summed E-state index contributed by atoms with van der Waals surface area (Å²) in [5, 5.41) is 0. The van der Waals surface area contributed by atoms with Gasteiger partial charge in [-0.1, -0.05) is 0 Å². The van der Waals surface area contributed by atoms with Gasteiger partial charge in [0.15, 0.2) is 0 Å². The number of hydrogen-bond donors (Lipinski definition) is 1. The maximum atomic E-state index is 13.2. The molecule has 0 aliphatic carbocycles. The summed E-state index contributed by atoms with van der Waals surface area (Å²) in [6.07, 6.45) is 0.891. The van der Waals surface area contributed by atoms with Crippen LogP contribution < -0.4 is 5.73 Å². The molecule has 0 spiro atoms. The van der Waals surface area contributed by atoms with E-state index in [2.05, 4.69) is 0 Å². The van der Waals surface area contributed by atoms with Gasteiger partial charge in [0.05, 0.1) is 0 Å². The molecule has 70 valence electrons. The van der Waals surface area contributed by atoms with Crippen molar-refractivity contribution in [2.45, 2.75) is 25.4 Å². The van der Waals surface area contributed by atoms with Crippen LogP contribution in [0.5, 0.6) is 0 Å². The Morgan fingerprint density at radius 1 is 1.75 bits per heavy atom. The van der Waals surface area contributed by atoms with E-state index in [0.29, 0.717) is 25.9 Å². The van der Waals surface area contributed by atoms with Crippen molar-refractivity contribution in [1.82, 2.24) is 4.90 Å². The Hall–Kier alpha value is -0.640. The van der Waals surface area contributed by atoms with E-state index in [4.69, 9.17) is 5.73 Å². The molecule has 1 atom stereocenters. The highest BCUT2D eigenvalue weighted by Gasteiger charge is 2.32. The molecule has 0 saturated carbocycles. The normalized spacial score (nSPS) is 30.8. The zero-order chi connectivity index (χ0) is 9.19. The summed E-state index contributed by atoms with van der Waals surface area (Å²) in [7, 11) is 0. The molecule has 0 radical (unpaired) electrons. The summed E-state index contributed by atoms with van der Waals surface area (Å²) in [4.78, 5) is 12.4. The fourth-order valence-electron chi connectivity index (χ4n) is 1.47. The van der Waals surface area contributed by atoms with Gasteiger partial charge in [0, 0.05) is 26.1 Å². The lowest BCUT2D eigenvalue weighted by Gasteiger charge is -2.15. The number of nitrogens with two attached hydrogens (primary N) is 1. The number of carbonyl (C=O) groups excluding carboxylic acids is 1. The fourth-order valence-corrected chi connectivity index (χ4v) is 1.47. The molecule has 0 bridgehead atoms. The standard InChI is InChI=1S/C8H15FN2O/c1-8(9)3-5-11(6-8)4-2-7(10)12/h2-6H2,1H3,(H2,10,12). The minimum Gasteiger partial charge on any atom is -0.370 e. The minimum atomic E-state index is -1.07. The van der Waals surface area contributed by atoms with Crippen molar-refractivity contribution < 1.29 is 9.18 Å². The van der Waals surface area contributed by atoms with Crippen LogP contribution >= 0.6 is 0 Å². The second-order valence-electron chi connectivity index (χ2n) is 3.66. The summed E-state index contributed by atoms with van der Waals surface area (Å²) in [5.74, 6) is -0.317. The van der Waals surface area contributed by atoms with E-state index in [-0.39, 0.29) is 5.91 Å². The van der Waals surface area contributed by atoms with Gasteiger partial charge in [-0.05, 0) is 13.3 Å². The largest absolute Gasteiger partial charge is 0.370 e. The Morgan fingerprint density at radius 2 is 2.42 bits per heavy atom. The molecule has 1 amide bonds. The Labute approximate surface area is 71.7 Å². The molecule has 1 rings (SSSR count). The smallest absolute Gasteiger partial charge is 0.218 e. The van der Waals surface area contributed by atoms with E-state index in [1.807, 2.05) is 4.90 Å². The van der Waals surface area contributed by atoms with E-state index in [0.717, 1.165) is 6.54 Å². The maximum absolute atomic E-state index is 13.2. The number of hydrogen-bond acceptors (Lipinski definition) is 2. The van der Waals surface area contributed by atoms with E-state index in [1.165, 1.54) is 0 Å². The van der Waals surface area contributed by atoms with Crippen molar-refractivity contribution in [3.05, 3.63) is 0 Å². The zero-order valence-corrected chi connectivity index (χ0v) is 7.35. The Balaban J connectivity index is 2.24. The van der Waals surface area contributed by atoms with Gasteiger partial charge in [-0.15, -0.1) is 0 Å². The summed E-state index contributed by atoms with van der Waals surface area (Å²) < 4.78 is 13.2. The highest BCUT2D eigenvalue weighted by molar-refractivity contribution is 5.73. The molecule has 1 aliphatic rings. The van der Waals surface area contributed by atoms with Crippen molar-refractivity contribution in [3.8, 4) is 0 Å². The van der Waals surface area contributed by atoms with E-state index >= 15 is 0 Å². The Kier molecular flexibility index (Phi) is 2.67. The molecule has 1 aliphatic heterocycles. The first-order chi connectivity index (χ1) is 5.49. The van der Waals surface area contributed by atoms with Crippen LogP contribution in [0.1, 0.15) is 19.8 Å². The second-order valence-corrected chi connectivity index (χ2v) is 3.66. The highest BCUT2D eigenvalue weighted by Crippen LogP contribution is 2.24. The molecule has 1 unspecified atom stereocenters. The van der Waals surface area contributed by atoms with Gasteiger partial charge in [0.1, 0.15) is 5.67 Å². The molecule has 3 nitrogen and oxygen atoms in total. The quantitative estimate of drug-likeness (QED) is 0.668. The van der Waals surface area contributed by atoms with Crippen LogP contribution in [0.25, 0.3) is 0 Å².